The van der Waals surface area contributed by atoms with E-state index in [1.165, 1.54) is 21.1 Å². The molecule has 0 unspecified atom stereocenters. The molecule has 2 N–H and O–H groups in total. The summed E-state index contributed by atoms with van der Waals surface area (Å²) in [6, 6.07) is 9.97. The van der Waals surface area contributed by atoms with Crippen LogP contribution in [0.3, 0.4) is 0 Å². The van der Waals surface area contributed by atoms with E-state index < -0.39 is 11.2 Å². The molecule has 0 aliphatic rings. The van der Waals surface area contributed by atoms with Crippen LogP contribution in [0.25, 0.3) is 27.2 Å². The zero-order chi connectivity index (χ0) is 18.6. The van der Waals surface area contributed by atoms with E-state index in [-0.39, 0.29) is 47.6 Å². The van der Waals surface area contributed by atoms with Crippen LogP contribution in [0.2, 0.25) is 0 Å². The number of nitrogens with zero attached hydrogens (tertiary/aromatic N) is 3. The van der Waals surface area contributed by atoms with E-state index >= 15 is 0 Å². The van der Waals surface area contributed by atoms with Gasteiger partial charge in [-0.15, -0.1) is 24.8 Å². The molecule has 0 spiro atoms. The van der Waals surface area contributed by atoms with Crippen molar-refractivity contribution in [3.63, 3.8) is 0 Å². The summed E-state index contributed by atoms with van der Waals surface area (Å²) < 4.78 is 2.66. The minimum absolute atomic E-state index is 0. The number of pyridine rings is 1. The van der Waals surface area contributed by atoms with Gasteiger partial charge in [0.1, 0.15) is 0 Å². The third kappa shape index (κ3) is 3.11. The highest BCUT2D eigenvalue weighted by Crippen LogP contribution is 2.22. The minimum Gasteiger partial charge on any atom is -0.399 e. The van der Waals surface area contributed by atoms with E-state index in [4.69, 9.17) is 5.73 Å². The molecule has 0 aliphatic carbocycles. The molecule has 4 rings (SSSR count). The molecular formula is C19H20Cl2N4O3. The molecule has 0 radical (unpaired) electrons. The fourth-order valence-electron chi connectivity index (χ4n) is 3.41. The number of halogens is 2. The molecule has 0 aliphatic heterocycles. The molecule has 2 heterocycles. The van der Waals surface area contributed by atoms with Gasteiger partial charge in [-0.25, -0.2) is 4.79 Å². The van der Waals surface area contributed by atoms with Crippen molar-refractivity contribution in [3.8, 4) is 0 Å². The summed E-state index contributed by atoms with van der Waals surface area (Å²) in [5, 5.41) is 0.987. The van der Waals surface area contributed by atoms with E-state index in [2.05, 4.69) is 0 Å². The molecule has 0 saturated carbocycles. The van der Waals surface area contributed by atoms with E-state index in [0.717, 1.165) is 0 Å². The summed E-state index contributed by atoms with van der Waals surface area (Å²) in [6.07, 6.45) is 0. The number of hydrogen-bond donors (Lipinski definition) is 1. The predicted octanol–water partition coefficient (Wildman–Crippen LogP) is 1.55. The van der Waals surface area contributed by atoms with E-state index in [1.54, 1.807) is 24.3 Å². The number of nitrogens with two attached hydrogens (primary N) is 1. The Morgan fingerprint density at radius 2 is 1.61 bits per heavy atom. The van der Waals surface area contributed by atoms with Crippen molar-refractivity contribution in [2.45, 2.75) is 6.54 Å². The van der Waals surface area contributed by atoms with Crippen molar-refractivity contribution < 1.29 is 0 Å². The number of hydrogen-bond acceptors (Lipinski definition) is 5. The zero-order valence-electron chi connectivity index (χ0n) is 15.3. The number of rotatable bonds is 3. The number of fused-ring (bicyclic) bond motifs is 2. The Kier molecular flexibility index (Phi) is 6.03. The van der Waals surface area contributed by atoms with Gasteiger partial charge in [-0.1, -0.05) is 12.1 Å². The molecule has 2 aromatic carbocycles. The summed E-state index contributed by atoms with van der Waals surface area (Å²) >= 11 is 0. The molecule has 7 nitrogen and oxygen atoms in total. The summed E-state index contributed by atoms with van der Waals surface area (Å²) in [7, 11) is 3.75. The van der Waals surface area contributed by atoms with Crippen molar-refractivity contribution in [3.05, 3.63) is 67.5 Å². The smallest absolute Gasteiger partial charge is 0.336 e. The average Bonchev–Trinajstić information content (AvgIpc) is 2.61. The van der Waals surface area contributed by atoms with Crippen LogP contribution in [0.4, 0.5) is 5.69 Å². The zero-order valence-corrected chi connectivity index (χ0v) is 17.0. The Bertz CT molecular complexity index is 1350. The highest BCUT2D eigenvalue weighted by molar-refractivity contribution is 6.03. The molecule has 0 amide bonds. The van der Waals surface area contributed by atoms with Crippen molar-refractivity contribution in [1.82, 2.24) is 13.9 Å². The Labute approximate surface area is 172 Å². The summed E-state index contributed by atoms with van der Waals surface area (Å²) in [6.45, 7) is 0.789. The minimum atomic E-state index is -0.449. The molecule has 4 aromatic rings. The first kappa shape index (κ1) is 21.7. The first-order valence-corrected chi connectivity index (χ1v) is 8.28. The van der Waals surface area contributed by atoms with Crippen LogP contribution in [0, 0.1) is 0 Å². The third-order valence-electron chi connectivity index (χ3n) is 4.66. The monoisotopic (exact) mass is 422 g/mol. The molecule has 0 saturated heterocycles. The van der Waals surface area contributed by atoms with Gasteiger partial charge in [0.05, 0.1) is 16.4 Å². The van der Waals surface area contributed by atoms with E-state index in [1.807, 2.05) is 19.0 Å². The van der Waals surface area contributed by atoms with Gasteiger partial charge < -0.3 is 10.6 Å². The van der Waals surface area contributed by atoms with Crippen molar-refractivity contribution in [1.29, 1.82) is 0 Å². The number of benzene rings is 2. The Hall–Kier alpha value is -2.61. The van der Waals surface area contributed by atoms with Crippen LogP contribution in [0.15, 0.2) is 50.8 Å². The van der Waals surface area contributed by atoms with Gasteiger partial charge in [-0.05, 0) is 38.4 Å². The number of likely N-dealkylation sites (N-methyl/N-ethyl adjacent to an activating group) is 1. The van der Waals surface area contributed by atoms with Crippen LogP contribution in [-0.2, 0) is 6.54 Å². The Morgan fingerprint density at radius 3 is 2.29 bits per heavy atom. The second kappa shape index (κ2) is 7.79. The largest absolute Gasteiger partial charge is 0.399 e. The maximum atomic E-state index is 13.2. The fourth-order valence-corrected chi connectivity index (χ4v) is 3.41. The summed E-state index contributed by atoms with van der Waals surface area (Å²) in [4.78, 5) is 40.9. The number of nitrogen functional groups attached to an aromatic ring is 1. The molecule has 2 aromatic heterocycles. The highest BCUT2D eigenvalue weighted by Gasteiger charge is 2.18. The van der Waals surface area contributed by atoms with Gasteiger partial charge in [-0.3, -0.25) is 18.6 Å². The van der Waals surface area contributed by atoms with Gasteiger partial charge >= 0.3 is 5.69 Å². The summed E-state index contributed by atoms with van der Waals surface area (Å²) in [5.41, 5.74) is 5.97. The third-order valence-corrected chi connectivity index (χ3v) is 4.66. The Balaban J connectivity index is 0.00000140. The highest BCUT2D eigenvalue weighted by atomic mass is 35.5. The maximum absolute atomic E-state index is 13.2. The lowest BCUT2D eigenvalue weighted by atomic mass is 10.1. The first-order chi connectivity index (χ1) is 12.4. The van der Waals surface area contributed by atoms with Gasteiger partial charge in [-0.2, -0.15) is 0 Å². The van der Waals surface area contributed by atoms with Crippen LogP contribution < -0.4 is 22.4 Å². The van der Waals surface area contributed by atoms with Crippen LogP contribution in [0.1, 0.15) is 0 Å². The van der Waals surface area contributed by atoms with Crippen molar-refractivity contribution >= 4 is 57.7 Å². The lowest BCUT2D eigenvalue weighted by Crippen LogP contribution is -2.40. The molecule has 28 heavy (non-hydrogen) atoms. The van der Waals surface area contributed by atoms with Crippen LogP contribution >= 0.6 is 24.8 Å². The average molecular weight is 423 g/mol. The molecule has 148 valence electrons. The van der Waals surface area contributed by atoms with Crippen molar-refractivity contribution in [2.24, 2.45) is 0 Å². The van der Waals surface area contributed by atoms with Crippen molar-refractivity contribution in [2.75, 3.05) is 26.4 Å². The van der Waals surface area contributed by atoms with Gasteiger partial charge in [0.15, 0.2) is 5.43 Å². The van der Waals surface area contributed by atoms with Crippen LogP contribution in [-0.4, -0.2) is 34.5 Å². The van der Waals surface area contributed by atoms with Crippen LogP contribution in [0.5, 0.6) is 0 Å². The topological polar surface area (TPSA) is 89.8 Å². The predicted molar refractivity (Wildman–Crippen MR) is 118 cm³/mol. The molecule has 0 atom stereocenters. The first-order valence-electron chi connectivity index (χ1n) is 8.28. The SMILES string of the molecule is CN(C)CCn1c(=O)c2cc(N)cc3c(=O)c4ccccc4n(c1=O)c32.Cl.Cl. The summed E-state index contributed by atoms with van der Waals surface area (Å²) in [5.74, 6) is 0. The van der Waals surface area contributed by atoms with Gasteiger partial charge in [0.25, 0.3) is 5.56 Å². The number of anilines is 1. The maximum Gasteiger partial charge on any atom is 0.336 e. The number of para-hydroxylation sites is 1. The van der Waals surface area contributed by atoms with Gasteiger partial charge in [0.2, 0.25) is 0 Å². The fraction of sp³-hybridized carbons (Fsp3) is 0.211. The number of aromatic nitrogens is 2. The molecule has 0 bridgehead atoms. The standard InChI is InChI=1S/C19H18N4O3.2ClH/c1-21(2)7-8-22-18(25)14-10-11(20)9-13-16(14)23(19(22)26)15-6-4-3-5-12(15)17(13)24;;/h3-6,9-10H,7-8,20H2,1-2H3;2*1H. The quantitative estimate of drug-likeness (QED) is 0.307. The lowest BCUT2D eigenvalue weighted by Gasteiger charge is -2.15. The van der Waals surface area contributed by atoms with E-state index in [9.17, 15) is 14.4 Å². The Morgan fingerprint density at radius 1 is 0.964 bits per heavy atom. The molecular weight excluding hydrogens is 403 g/mol. The second-order valence-corrected chi connectivity index (χ2v) is 6.69. The van der Waals surface area contributed by atoms with Gasteiger partial charge in [0, 0.05) is 29.5 Å². The second-order valence-electron chi connectivity index (χ2n) is 6.69. The van der Waals surface area contributed by atoms with E-state index in [0.29, 0.717) is 28.7 Å². The molecule has 0 fully saturated rings. The molecule has 9 heteroatoms. The lowest BCUT2D eigenvalue weighted by molar-refractivity contribution is 0.376. The normalized spacial score (nSPS) is 11.1.